The van der Waals surface area contributed by atoms with Gasteiger partial charge < -0.3 is 16.0 Å². The van der Waals surface area contributed by atoms with E-state index in [2.05, 4.69) is 17.3 Å². The van der Waals surface area contributed by atoms with Crippen molar-refractivity contribution in [1.29, 1.82) is 0 Å². The van der Waals surface area contributed by atoms with Crippen LogP contribution in [0.4, 0.5) is 0 Å². The first-order valence-electron chi connectivity index (χ1n) is 6.89. The Morgan fingerprint density at radius 2 is 2.18 bits per heavy atom. The summed E-state index contributed by atoms with van der Waals surface area (Å²) in [6.07, 6.45) is 7.80. The predicted molar refractivity (Wildman–Crippen MR) is 70.8 cm³/mol. The van der Waals surface area contributed by atoms with Crippen LogP contribution in [-0.2, 0) is 4.79 Å². The highest BCUT2D eigenvalue weighted by Crippen LogP contribution is 2.16. The first kappa shape index (κ1) is 14.5. The second-order valence-corrected chi connectivity index (χ2v) is 5.09. The van der Waals surface area contributed by atoms with Gasteiger partial charge in [0.05, 0.1) is 0 Å². The van der Waals surface area contributed by atoms with Crippen molar-refractivity contribution in [2.45, 2.75) is 51.0 Å². The van der Waals surface area contributed by atoms with Crippen LogP contribution >= 0.6 is 0 Å². The number of likely N-dealkylation sites (tertiary alicyclic amines) is 1. The van der Waals surface area contributed by atoms with Gasteiger partial charge in [-0.15, -0.1) is 0 Å². The molecule has 1 heterocycles. The summed E-state index contributed by atoms with van der Waals surface area (Å²) >= 11 is 0. The minimum Gasteiger partial charge on any atom is -0.370 e. The topological polar surface area (TPSA) is 58.4 Å². The third-order valence-corrected chi connectivity index (χ3v) is 3.60. The molecule has 100 valence electrons. The van der Waals surface area contributed by atoms with E-state index in [9.17, 15) is 4.79 Å². The monoisotopic (exact) mass is 241 g/mol. The molecule has 0 bridgehead atoms. The highest BCUT2D eigenvalue weighted by atomic mass is 16.1. The lowest BCUT2D eigenvalue weighted by Crippen LogP contribution is -2.38. The normalized spacial score (nSPS) is 21.6. The van der Waals surface area contributed by atoms with Crippen molar-refractivity contribution in [1.82, 2.24) is 10.2 Å². The maximum Gasteiger partial charge on any atom is 0.217 e. The Labute approximate surface area is 105 Å². The van der Waals surface area contributed by atoms with Crippen molar-refractivity contribution >= 4 is 5.91 Å². The van der Waals surface area contributed by atoms with Gasteiger partial charge in [-0.3, -0.25) is 4.79 Å². The molecule has 0 aromatic carbocycles. The van der Waals surface area contributed by atoms with Gasteiger partial charge in [0.15, 0.2) is 0 Å². The number of amides is 1. The molecule has 1 saturated heterocycles. The van der Waals surface area contributed by atoms with Gasteiger partial charge in [-0.1, -0.05) is 6.42 Å². The van der Waals surface area contributed by atoms with E-state index in [0.29, 0.717) is 6.42 Å². The third kappa shape index (κ3) is 6.64. The molecule has 0 aromatic heterocycles. The second-order valence-electron chi connectivity index (χ2n) is 5.09. The molecule has 0 aromatic rings. The van der Waals surface area contributed by atoms with Crippen LogP contribution < -0.4 is 11.1 Å². The van der Waals surface area contributed by atoms with Gasteiger partial charge in [0.1, 0.15) is 0 Å². The van der Waals surface area contributed by atoms with Crippen LogP contribution in [-0.4, -0.2) is 43.5 Å². The quantitative estimate of drug-likeness (QED) is 0.626. The van der Waals surface area contributed by atoms with Crippen LogP contribution in [0.5, 0.6) is 0 Å². The van der Waals surface area contributed by atoms with Crippen molar-refractivity contribution in [3.05, 3.63) is 0 Å². The maximum absolute atomic E-state index is 10.5. The fraction of sp³-hybridized carbons (Fsp3) is 0.923. The molecule has 0 aliphatic carbocycles. The number of nitrogens with two attached hydrogens (primary N) is 1. The molecular formula is C13H27N3O. The van der Waals surface area contributed by atoms with Crippen molar-refractivity contribution in [3.63, 3.8) is 0 Å². The highest BCUT2D eigenvalue weighted by molar-refractivity contribution is 5.73. The van der Waals surface area contributed by atoms with Crippen molar-refractivity contribution in [2.24, 2.45) is 5.73 Å². The molecule has 0 spiro atoms. The summed E-state index contributed by atoms with van der Waals surface area (Å²) in [7, 11) is 2.23. The number of nitrogens with zero attached hydrogens (tertiary/aromatic N) is 1. The highest BCUT2D eigenvalue weighted by Gasteiger charge is 2.17. The predicted octanol–water partition coefficient (Wildman–Crippen LogP) is 1.11. The minimum atomic E-state index is -0.186. The number of piperidine rings is 1. The molecule has 4 heteroatoms. The van der Waals surface area contributed by atoms with E-state index in [4.69, 9.17) is 5.73 Å². The van der Waals surface area contributed by atoms with Gasteiger partial charge in [-0.05, 0) is 58.8 Å². The van der Waals surface area contributed by atoms with Crippen LogP contribution in [0.1, 0.15) is 44.9 Å². The van der Waals surface area contributed by atoms with Crippen LogP contribution in [0.2, 0.25) is 0 Å². The summed E-state index contributed by atoms with van der Waals surface area (Å²) in [4.78, 5) is 13.0. The smallest absolute Gasteiger partial charge is 0.217 e. The van der Waals surface area contributed by atoms with Gasteiger partial charge in [-0.25, -0.2) is 0 Å². The number of rotatable bonds is 8. The Morgan fingerprint density at radius 3 is 2.88 bits per heavy atom. The molecule has 1 aliphatic rings. The van der Waals surface area contributed by atoms with Crippen LogP contribution in [0.15, 0.2) is 0 Å². The second kappa shape index (κ2) is 8.48. The summed E-state index contributed by atoms with van der Waals surface area (Å²) < 4.78 is 0. The Hall–Kier alpha value is -0.610. The molecule has 4 nitrogen and oxygen atoms in total. The summed E-state index contributed by atoms with van der Waals surface area (Å²) in [6.45, 7) is 3.35. The standard InChI is InChI=1S/C13H27N3O/c1-16-11-5-3-6-12(16)8-10-15-9-4-2-7-13(14)17/h12,15H,2-11H2,1H3,(H2,14,17). The van der Waals surface area contributed by atoms with Gasteiger partial charge in [0, 0.05) is 12.5 Å². The molecule has 1 amide bonds. The zero-order chi connectivity index (χ0) is 12.5. The molecule has 1 rings (SSSR count). The molecule has 3 N–H and O–H groups in total. The van der Waals surface area contributed by atoms with Crippen LogP contribution in [0.3, 0.4) is 0 Å². The number of hydrogen-bond donors (Lipinski definition) is 2. The maximum atomic E-state index is 10.5. The van der Waals surface area contributed by atoms with Gasteiger partial charge in [-0.2, -0.15) is 0 Å². The average Bonchev–Trinajstić information content (AvgIpc) is 2.30. The molecule has 1 atom stereocenters. The van der Waals surface area contributed by atoms with Crippen LogP contribution in [0, 0.1) is 0 Å². The van der Waals surface area contributed by atoms with E-state index in [1.807, 2.05) is 0 Å². The molecule has 17 heavy (non-hydrogen) atoms. The minimum absolute atomic E-state index is 0.186. The molecule has 1 unspecified atom stereocenters. The first-order valence-corrected chi connectivity index (χ1v) is 6.89. The summed E-state index contributed by atoms with van der Waals surface area (Å²) in [6, 6.07) is 0.766. The number of carbonyl (C=O) groups is 1. The van der Waals surface area contributed by atoms with E-state index in [1.165, 1.54) is 32.2 Å². The number of primary amides is 1. The molecule has 1 aliphatic heterocycles. The first-order chi connectivity index (χ1) is 8.20. The lowest BCUT2D eigenvalue weighted by atomic mass is 10.0. The summed E-state index contributed by atoms with van der Waals surface area (Å²) in [5, 5.41) is 3.45. The number of carbonyl (C=O) groups excluding carboxylic acids is 1. The van der Waals surface area contributed by atoms with Gasteiger partial charge in [0.25, 0.3) is 0 Å². The summed E-state index contributed by atoms with van der Waals surface area (Å²) in [5.74, 6) is -0.186. The molecule has 1 fully saturated rings. The SMILES string of the molecule is CN1CCCCC1CCNCCCCC(N)=O. The van der Waals surface area contributed by atoms with Gasteiger partial charge >= 0.3 is 0 Å². The Bertz CT molecular complexity index is 221. The fourth-order valence-electron chi connectivity index (χ4n) is 2.45. The fourth-order valence-corrected chi connectivity index (χ4v) is 2.45. The lowest BCUT2D eigenvalue weighted by Gasteiger charge is -2.32. The number of unbranched alkanes of at least 4 members (excludes halogenated alkanes) is 1. The largest absolute Gasteiger partial charge is 0.370 e. The van der Waals surface area contributed by atoms with E-state index in [0.717, 1.165) is 32.0 Å². The van der Waals surface area contributed by atoms with Crippen molar-refractivity contribution < 1.29 is 4.79 Å². The molecular weight excluding hydrogens is 214 g/mol. The number of hydrogen-bond acceptors (Lipinski definition) is 3. The van der Waals surface area contributed by atoms with E-state index >= 15 is 0 Å². The Morgan fingerprint density at radius 1 is 1.35 bits per heavy atom. The lowest BCUT2D eigenvalue weighted by molar-refractivity contribution is -0.118. The molecule has 0 radical (unpaired) electrons. The van der Waals surface area contributed by atoms with Crippen LogP contribution in [0.25, 0.3) is 0 Å². The summed E-state index contributed by atoms with van der Waals surface area (Å²) in [5.41, 5.74) is 5.08. The van der Waals surface area contributed by atoms with Crippen molar-refractivity contribution in [3.8, 4) is 0 Å². The zero-order valence-corrected chi connectivity index (χ0v) is 11.1. The average molecular weight is 241 g/mol. The zero-order valence-electron chi connectivity index (χ0n) is 11.1. The van der Waals surface area contributed by atoms with Gasteiger partial charge in [0.2, 0.25) is 5.91 Å². The Balaban J connectivity index is 1.91. The van der Waals surface area contributed by atoms with E-state index < -0.39 is 0 Å². The van der Waals surface area contributed by atoms with Crippen molar-refractivity contribution in [2.75, 3.05) is 26.7 Å². The molecule has 0 saturated carbocycles. The Kier molecular flexibility index (Phi) is 7.21. The van der Waals surface area contributed by atoms with E-state index in [-0.39, 0.29) is 5.91 Å². The third-order valence-electron chi connectivity index (χ3n) is 3.60. The number of nitrogens with one attached hydrogen (secondary N) is 1. The van der Waals surface area contributed by atoms with E-state index in [1.54, 1.807) is 0 Å².